The standard InChI is InChI=1S/C27H22BrCl3N2O3S/c1-3-33-26(34)25(37-27(33)32-18-7-8-19(28)21(30)14-18)13-16-6-10-23(24(12-16)35-4-2)36-15-17-5-9-20(29)22(31)11-17/h5-14H,3-4,15H2,1-2H3/b25-13-,32-27?. The molecule has 0 atom stereocenters. The van der Waals surface area contributed by atoms with E-state index in [1.54, 1.807) is 23.1 Å². The van der Waals surface area contributed by atoms with Gasteiger partial charge < -0.3 is 9.47 Å². The first-order chi connectivity index (χ1) is 17.8. The summed E-state index contributed by atoms with van der Waals surface area (Å²) in [7, 11) is 0. The van der Waals surface area contributed by atoms with Crippen molar-refractivity contribution in [3.8, 4) is 11.5 Å². The number of ether oxygens (including phenoxy) is 2. The Kier molecular flexibility index (Phi) is 9.48. The zero-order valence-corrected chi connectivity index (χ0v) is 24.6. The van der Waals surface area contributed by atoms with Crippen LogP contribution in [0.3, 0.4) is 0 Å². The van der Waals surface area contributed by atoms with Crippen molar-refractivity contribution in [1.82, 2.24) is 4.90 Å². The minimum atomic E-state index is -0.104. The molecule has 1 aliphatic heterocycles. The van der Waals surface area contributed by atoms with Crippen molar-refractivity contribution in [2.24, 2.45) is 4.99 Å². The first kappa shape index (κ1) is 27.9. The first-order valence-corrected chi connectivity index (χ1v) is 14.1. The molecule has 1 heterocycles. The molecule has 1 fully saturated rings. The van der Waals surface area contributed by atoms with Gasteiger partial charge in [0, 0.05) is 11.0 Å². The lowest BCUT2D eigenvalue weighted by Crippen LogP contribution is -2.28. The average molecular weight is 641 g/mol. The van der Waals surface area contributed by atoms with Gasteiger partial charge in [0.15, 0.2) is 16.7 Å². The largest absolute Gasteiger partial charge is 0.490 e. The summed E-state index contributed by atoms with van der Waals surface area (Å²) in [6.45, 7) is 5.08. The molecule has 10 heteroatoms. The molecule has 37 heavy (non-hydrogen) atoms. The van der Waals surface area contributed by atoms with E-state index in [-0.39, 0.29) is 5.91 Å². The van der Waals surface area contributed by atoms with Crippen LogP contribution in [0.5, 0.6) is 11.5 Å². The fourth-order valence-electron chi connectivity index (χ4n) is 3.48. The van der Waals surface area contributed by atoms with Gasteiger partial charge >= 0.3 is 0 Å². The van der Waals surface area contributed by atoms with Gasteiger partial charge in [0.05, 0.1) is 32.3 Å². The molecule has 0 unspecified atom stereocenters. The lowest BCUT2D eigenvalue weighted by Gasteiger charge is -2.13. The Hall–Kier alpha value is -2.16. The van der Waals surface area contributed by atoms with Crippen LogP contribution in [0.15, 0.2) is 69.0 Å². The summed E-state index contributed by atoms with van der Waals surface area (Å²) >= 11 is 23.0. The van der Waals surface area contributed by atoms with E-state index < -0.39 is 0 Å². The van der Waals surface area contributed by atoms with Gasteiger partial charge in [-0.1, -0.05) is 46.9 Å². The van der Waals surface area contributed by atoms with Crippen LogP contribution in [0.4, 0.5) is 5.69 Å². The van der Waals surface area contributed by atoms with E-state index in [1.165, 1.54) is 11.8 Å². The van der Waals surface area contributed by atoms with Gasteiger partial charge in [0.1, 0.15) is 6.61 Å². The number of rotatable bonds is 8. The molecule has 0 bridgehead atoms. The molecular weight excluding hydrogens is 619 g/mol. The second kappa shape index (κ2) is 12.6. The van der Waals surface area contributed by atoms with Crippen LogP contribution < -0.4 is 9.47 Å². The number of nitrogens with zero attached hydrogens (tertiary/aromatic N) is 2. The summed E-state index contributed by atoms with van der Waals surface area (Å²) in [5, 5.41) is 2.12. The number of carbonyl (C=O) groups excluding carboxylic acids is 1. The van der Waals surface area contributed by atoms with E-state index >= 15 is 0 Å². The van der Waals surface area contributed by atoms with Crippen molar-refractivity contribution < 1.29 is 14.3 Å². The van der Waals surface area contributed by atoms with E-state index in [9.17, 15) is 4.79 Å². The smallest absolute Gasteiger partial charge is 0.266 e. The summed E-state index contributed by atoms with van der Waals surface area (Å²) in [5.41, 5.74) is 2.37. The van der Waals surface area contributed by atoms with Crippen molar-refractivity contribution >= 4 is 85.3 Å². The van der Waals surface area contributed by atoms with Crippen molar-refractivity contribution in [2.45, 2.75) is 20.5 Å². The van der Waals surface area contributed by atoms with Crippen molar-refractivity contribution in [2.75, 3.05) is 13.2 Å². The third-order valence-corrected chi connectivity index (χ3v) is 8.25. The molecule has 0 aromatic heterocycles. The molecule has 0 saturated carbocycles. The highest BCUT2D eigenvalue weighted by atomic mass is 79.9. The van der Waals surface area contributed by atoms with Gasteiger partial charge in [0.2, 0.25) is 0 Å². The quantitative estimate of drug-likeness (QED) is 0.231. The van der Waals surface area contributed by atoms with Crippen molar-refractivity contribution in [3.05, 3.63) is 90.2 Å². The molecule has 192 valence electrons. The van der Waals surface area contributed by atoms with Crippen molar-refractivity contribution in [1.29, 1.82) is 0 Å². The van der Waals surface area contributed by atoms with Crippen LogP contribution >= 0.6 is 62.5 Å². The number of aliphatic imine (C=N–C) groups is 1. The molecule has 0 aliphatic carbocycles. The minimum Gasteiger partial charge on any atom is -0.490 e. The van der Waals surface area contributed by atoms with Crippen molar-refractivity contribution in [3.63, 3.8) is 0 Å². The zero-order chi connectivity index (χ0) is 26.5. The number of thioether (sulfide) groups is 1. The number of benzene rings is 3. The van der Waals surface area contributed by atoms with Crippen LogP contribution in [-0.4, -0.2) is 29.1 Å². The van der Waals surface area contributed by atoms with E-state index in [0.29, 0.717) is 62.1 Å². The summed E-state index contributed by atoms with van der Waals surface area (Å²) in [5.74, 6) is 1.07. The maximum Gasteiger partial charge on any atom is 0.266 e. The van der Waals surface area contributed by atoms with Gasteiger partial charge in [-0.05, 0) is 101 Å². The summed E-state index contributed by atoms with van der Waals surface area (Å²) in [6.07, 6.45) is 1.83. The maximum atomic E-state index is 13.1. The lowest BCUT2D eigenvalue weighted by molar-refractivity contribution is -0.122. The predicted octanol–water partition coefficient (Wildman–Crippen LogP) is 9.01. The summed E-state index contributed by atoms with van der Waals surface area (Å²) in [4.78, 5) is 20.0. The molecule has 3 aromatic rings. The number of amides is 1. The summed E-state index contributed by atoms with van der Waals surface area (Å²) < 4.78 is 12.6. The average Bonchev–Trinajstić information content (AvgIpc) is 3.16. The highest BCUT2D eigenvalue weighted by Gasteiger charge is 2.32. The van der Waals surface area contributed by atoms with Crippen LogP contribution in [0.2, 0.25) is 15.1 Å². The molecule has 1 amide bonds. The monoisotopic (exact) mass is 638 g/mol. The fourth-order valence-corrected chi connectivity index (χ4v) is 5.28. The topological polar surface area (TPSA) is 51.1 Å². The Morgan fingerprint density at radius 1 is 0.946 bits per heavy atom. The minimum absolute atomic E-state index is 0.104. The van der Waals surface area contributed by atoms with Crippen LogP contribution in [0, 0.1) is 0 Å². The Morgan fingerprint density at radius 2 is 1.76 bits per heavy atom. The third-order valence-electron chi connectivity index (χ3n) is 5.28. The number of halogens is 4. The van der Waals surface area contributed by atoms with E-state index in [2.05, 4.69) is 20.9 Å². The first-order valence-electron chi connectivity index (χ1n) is 11.4. The SMILES string of the molecule is CCOc1cc(/C=C2\SC(=Nc3ccc(Br)c(Cl)c3)N(CC)C2=O)ccc1OCc1ccc(Cl)c(Cl)c1. The third kappa shape index (κ3) is 6.84. The van der Waals surface area contributed by atoms with Crippen LogP contribution in [0.25, 0.3) is 6.08 Å². The summed E-state index contributed by atoms with van der Waals surface area (Å²) in [6, 6.07) is 16.4. The molecule has 0 spiro atoms. The highest BCUT2D eigenvalue weighted by Crippen LogP contribution is 2.37. The van der Waals surface area contributed by atoms with Gasteiger partial charge in [-0.3, -0.25) is 9.69 Å². The van der Waals surface area contributed by atoms with Gasteiger partial charge in [-0.2, -0.15) is 0 Å². The van der Waals surface area contributed by atoms with Crippen LogP contribution in [-0.2, 0) is 11.4 Å². The number of amidine groups is 1. The Bertz CT molecular complexity index is 1400. The van der Waals surface area contributed by atoms with E-state index in [1.807, 2.05) is 56.3 Å². The Balaban J connectivity index is 1.56. The van der Waals surface area contributed by atoms with Gasteiger partial charge in [0.25, 0.3) is 5.91 Å². The number of hydrogen-bond donors (Lipinski definition) is 0. The Morgan fingerprint density at radius 3 is 2.46 bits per heavy atom. The number of hydrogen-bond acceptors (Lipinski definition) is 5. The second-order valence-corrected chi connectivity index (χ2v) is 10.9. The molecule has 0 N–H and O–H groups in total. The number of likely N-dealkylation sites (N-methyl/N-ethyl adjacent to an activating group) is 1. The van der Waals surface area contributed by atoms with E-state index in [4.69, 9.17) is 44.3 Å². The lowest BCUT2D eigenvalue weighted by atomic mass is 10.1. The van der Waals surface area contributed by atoms with Gasteiger partial charge in [-0.25, -0.2) is 4.99 Å². The molecule has 4 rings (SSSR count). The second-order valence-electron chi connectivity index (χ2n) is 7.83. The molecular formula is C27H22BrCl3N2O3S. The molecule has 1 saturated heterocycles. The van der Waals surface area contributed by atoms with Gasteiger partial charge in [-0.15, -0.1) is 0 Å². The number of carbonyl (C=O) groups is 1. The maximum absolute atomic E-state index is 13.1. The fraction of sp³-hybridized carbons (Fsp3) is 0.185. The highest BCUT2D eigenvalue weighted by molar-refractivity contribution is 9.10. The molecule has 5 nitrogen and oxygen atoms in total. The Labute approximate surface area is 243 Å². The normalized spacial score (nSPS) is 15.6. The molecule has 1 aliphatic rings. The zero-order valence-electron chi connectivity index (χ0n) is 19.9. The molecule has 3 aromatic carbocycles. The molecule has 0 radical (unpaired) electrons. The predicted molar refractivity (Wildman–Crippen MR) is 158 cm³/mol. The van der Waals surface area contributed by atoms with E-state index in [0.717, 1.165) is 15.6 Å². The van der Waals surface area contributed by atoms with Crippen LogP contribution in [0.1, 0.15) is 25.0 Å².